The van der Waals surface area contributed by atoms with E-state index in [0.717, 1.165) is 5.56 Å². The average Bonchev–Trinajstić information content (AvgIpc) is 2.39. The third-order valence-corrected chi connectivity index (χ3v) is 3.11. The number of rotatable bonds is 4. The van der Waals surface area contributed by atoms with Gasteiger partial charge in [0.15, 0.2) is 0 Å². The molecule has 5 heteroatoms. The van der Waals surface area contributed by atoms with Crippen molar-refractivity contribution in [3.05, 3.63) is 11.8 Å². The van der Waals surface area contributed by atoms with E-state index in [1.807, 2.05) is 6.92 Å². The Hall–Kier alpha value is -1.36. The number of methoxy groups -OCH3 is 1. The van der Waals surface area contributed by atoms with Crippen LogP contribution in [0.25, 0.3) is 0 Å². The van der Waals surface area contributed by atoms with Crippen LogP contribution in [0.15, 0.2) is 6.20 Å². The molecule has 0 aromatic carbocycles. The van der Waals surface area contributed by atoms with E-state index in [0.29, 0.717) is 17.9 Å². The van der Waals surface area contributed by atoms with Crippen LogP contribution in [0.1, 0.15) is 37.7 Å². The zero-order valence-corrected chi connectivity index (χ0v) is 10.5. The molecule has 0 bridgehead atoms. The zero-order chi connectivity index (χ0) is 12.1. The molecule has 1 aliphatic carbocycles. The Labute approximate surface area is 102 Å². The fourth-order valence-corrected chi connectivity index (χ4v) is 2.11. The van der Waals surface area contributed by atoms with Crippen molar-refractivity contribution in [1.29, 1.82) is 0 Å². The zero-order valence-electron chi connectivity index (χ0n) is 10.5. The van der Waals surface area contributed by atoms with Gasteiger partial charge in [-0.3, -0.25) is 5.43 Å². The maximum absolute atomic E-state index is 5.16. The van der Waals surface area contributed by atoms with Gasteiger partial charge in [0.2, 0.25) is 11.8 Å². The third-order valence-electron chi connectivity index (χ3n) is 3.11. The van der Waals surface area contributed by atoms with Gasteiger partial charge in [0, 0.05) is 17.8 Å². The number of aryl methyl sites for hydroxylation is 1. The highest BCUT2D eigenvalue weighted by Gasteiger charge is 2.13. The maximum Gasteiger partial charge on any atom is 0.240 e. The first-order valence-corrected chi connectivity index (χ1v) is 6.19. The highest BCUT2D eigenvalue weighted by Crippen LogP contribution is 2.18. The molecule has 17 heavy (non-hydrogen) atoms. The molecule has 1 heterocycles. The molecule has 1 aromatic heterocycles. The van der Waals surface area contributed by atoms with Crippen molar-refractivity contribution in [2.75, 3.05) is 12.5 Å². The molecule has 2 rings (SSSR count). The van der Waals surface area contributed by atoms with Gasteiger partial charge in [-0.05, 0) is 19.8 Å². The first-order valence-electron chi connectivity index (χ1n) is 6.19. The smallest absolute Gasteiger partial charge is 0.240 e. The van der Waals surface area contributed by atoms with Crippen molar-refractivity contribution in [2.45, 2.75) is 45.1 Å². The first-order chi connectivity index (χ1) is 8.29. The molecule has 0 aliphatic heterocycles. The summed E-state index contributed by atoms with van der Waals surface area (Å²) < 4.78 is 5.16. The number of hydrogen-bond donors (Lipinski definition) is 2. The summed E-state index contributed by atoms with van der Waals surface area (Å²) >= 11 is 0. The quantitative estimate of drug-likeness (QED) is 0.783. The molecule has 1 aromatic rings. The minimum atomic E-state index is 0.527. The number of hydrazine groups is 1. The summed E-state index contributed by atoms with van der Waals surface area (Å²) in [5.41, 5.74) is 7.28. The second-order valence-electron chi connectivity index (χ2n) is 4.49. The Kier molecular flexibility index (Phi) is 4.14. The van der Waals surface area contributed by atoms with Crippen LogP contribution in [0.5, 0.6) is 5.88 Å². The lowest BCUT2D eigenvalue weighted by Gasteiger charge is -2.23. The lowest BCUT2D eigenvalue weighted by molar-refractivity contribution is 0.386. The summed E-state index contributed by atoms with van der Waals surface area (Å²) in [6.07, 6.45) is 8.16. The maximum atomic E-state index is 5.16. The molecule has 94 valence electrons. The van der Waals surface area contributed by atoms with E-state index >= 15 is 0 Å². The number of ether oxygens (including phenoxy) is 1. The summed E-state index contributed by atoms with van der Waals surface area (Å²) in [7, 11) is 1.62. The minimum absolute atomic E-state index is 0.527. The Morgan fingerprint density at radius 2 is 2.06 bits per heavy atom. The van der Waals surface area contributed by atoms with Gasteiger partial charge in [-0.2, -0.15) is 4.98 Å². The molecule has 0 atom stereocenters. The summed E-state index contributed by atoms with van der Waals surface area (Å²) in [6.45, 7) is 1.93. The van der Waals surface area contributed by atoms with Crippen LogP contribution in [0, 0.1) is 6.92 Å². The summed E-state index contributed by atoms with van der Waals surface area (Å²) in [5.74, 6) is 1.19. The van der Waals surface area contributed by atoms with Crippen LogP contribution in [-0.2, 0) is 0 Å². The molecule has 1 aliphatic rings. The number of hydrogen-bond acceptors (Lipinski definition) is 5. The number of nitrogens with one attached hydrogen (secondary N) is 2. The van der Waals surface area contributed by atoms with E-state index in [4.69, 9.17) is 4.74 Å². The van der Waals surface area contributed by atoms with Crippen molar-refractivity contribution in [2.24, 2.45) is 0 Å². The van der Waals surface area contributed by atoms with Crippen LogP contribution >= 0.6 is 0 Å². The normalized spacial score (nSPS) is 16.8. The predicted octanol–water partition coefficient (Wildman–Crippen LogP) is 2.04. The Morgan fingerprint density at radius 3 is 2.76 bits per heavy atom. The van der Waals surface area contributed by atoms with Crippen molar-refractivity contribution < 1.29 is 4.74 Å². The van der Waals surface area contributed by atoms with Crippen LogP contribution in [-0.4, -0.2) is 23.1 Å². The van der Waals surface area contributed by atoms with Crippen molar-refractivity contribution in [1.82, 2.24) is 15.4 Å². The van der Waals surface area contributed by atoms with Gasteiger partial charge in [0.25, 0.3) is 0 Å². The van der Waals surface area contributed by atoms with Gasteiger partial charge in [-0.15, -0.1) is 0 Å². The van der Waals surface area contributed by atoms with Gasteiger partial charge in [-0.1, -0.05) is 19.3 Å². The highest BCUT2D eigenvalue weighted by molar-refractivity contribution is 5.31. The van der Waals surface area contributed by atoms with E-state index in [-0.39, 0.29) is 0 Å². The molecular formula is C12H20N4O. The average molecular weight is 236 g/mol. The van der Waals surface area contributed by atoms with Crippen molar-refractivity contribution in [3.63, 3.8) is 0 Å². The summed E-state index contributed by atoms with van der Waals surface area (Å²) in [5, 5.41) is 0. The monoisotopic (exact) mass is 236 g/mol. The predicted molar refractivity (Wildman–Crippen MR) is 67.0 cm³/mol. The van der Waals surface area contributed by atoms with Crippen molar-refractivity contribution in [3.8, 4) is 5.88 Å². The van der Waals surface area contributed by atoms with Crippen molar-refractivity contribution >= 4 is 5.95 Å². The van der Waals surface area contributed by atoms with E-state index in [2.05, 4.69) is 20.8 Å². The Morgan fingerprint density at radius 1 is 1.29 bits per heavy atom. The number of nitrogens with zero attached hydrogens (tertiary/aromatic N) is 2. The fourth-order valence-electron chi connectivity index (χ4n) is 2.11. The summed E-state index contributed by atoms with van der Waals surface area (Å²) in [6, 6.07) is 0.527. The molecule has 0 saturated heterocycles. The van der Waals surface area contributed by atoms with Crippen LogP contribution in [0.2, 0.25) is 0 Å². The molecule has 5 nitrogen and oxygen atoms in total. The van der Waals surface area contributed by atoms with E-state index in [9.17, 15) is 0 Å². The molecule has 1 fully saturated rings. The standard InChI is InChI=1S/C12H20N4O/c1-9-8-13-12(14-11(9)17-2)16-15-10-6-4-3-5-7-10/h8,10,15H,3-7H2,1-2H3,(H,13,14,16). The molecule has 0 amide bonds. The van der Waals surface area contributed by atoms with Crippen LogP contribution in [0.4, 0.5) is 5.95 Å². The molecule has 2 N–H and O–H groups in total. The summed E-state index contributed by atoms with van der Waals surface area (Å²) in [4.78, 5) is 8.47. The lowest BCUT2D eigenvalue weighted by atomic mass is 9.96. The van der Waals surface area contributed by atoms with Crippen LogP contribution < -0.4 is 15.6 Å². The molecule has 0 radical (unpaired) electrons. The first kappa shape index (κ1) is 12.1. The SMILES string of the molecule is COc1nc(NNC2CCCCC2)ncc1C. The highest BCUT2D eigenvalue weighted by atomic mass is 16.5. The van der Waals surface area contributed by atoms with Gasteiger partial charge >= 0.3 is 0 Å². The molecule has 1 saturated carbocycles. The minimum Gasteiger partial charge on any atom is -0.481 e. The number of anilines is 1. The lowest BCUT2D eigenvalue weighted by Crippen LogP contribution is -2.36. The molecule has 0 spiro atoms. The second-order valence-corrected chi connectivity index (χ2v) is 4.49. The topological polar surface area (TPSA) is 59.1 Å². The molecular weight excluding hydrogens is 216 g/mol. The van der Waals surface area contributed by atoms with Gasteiger partial charge in [-0.25, -0.2) is 10.4 Å². The Balaban J connectivity index is 1.89. The fraction of sp³-hybridized carbons (Fsp3) is 0.667. The van der Waals surface area contributed by atoms with E-state index in [1.54, 1.807) is 13.3 Å². The largest absolute Gasteiger partial charge is 0.481 e. The molecule has 0 unspecified atom stereocenters. The van der Waals surface area contributed by atoms with E-state index < -0.39 is 0 Å². The van der Waals surface area contributed by atoms with Gasteiger partial charge in [0.05, 0.1) is 7.11 Å². The third kappa shape index (κ3) is 3.30. The number of aromatic nitrogens is 2. The van der Waals surface area contributed by atoms with E-state index in [1.165, 1.54) is 32.1 Å². The Bertz CT molecular complexity index is 364. The van der Waals surface area contributed by atoms with Crippen LogP contribution in [0.3, 0.4) is 0 Å². The second kappa shape index (κ2) is 5.82. The van der Waals surface area contributed by atoms with Gasteiger partial charge in [0.1, 0.15) is 0 Å². The van der Waals surface area contributed by atoms with Gasteiger partial charge < -0.3 is 4.74 Å².